The molecule has 28 heavy (non-hydrogen) atoms. The fraction of sp³-hybridized carbons (Fsp3) is 0.286. The van der Waals surface area contributed by atoms with Gasteiger partial charge in [0.05, 0.1) is 6.04 Å². The number of nitrogens with one attached hydrogen (secondary N) is 4. The Morgan fingerprint density at radius 2 is 1.64 bits per heavy atom. The molecule has 1 saturated carbocycles. The Morgan fingerprint density at radius 1 is 0.964 bits per heavy atom. The van der Waals surface area contributed by atoms with Gasteiger partial charge in [0.15, 0.2) is 0 Å². The minimum Gasteiger partial charge on any atom is -0.349 e. The van der Waals surface area contributed by atoms with E-state index in [4.69, 9.17) is 0 Å². The van der Waals surface area contributed by atoms with Crippen LogP contribution in [-0.4, -0.2) is 23.9 Å². The van der Waals surface area contributed by atoms with E-state index in [9.17, 15) is 14.4 Å². The smallest absolute Gasteiger partial charge is 0.319 e. The molecule has 1 unspecified atom stereocenters. The van der Waals surface area contributed by atoms with E-state index < -0.39 is 0 Å². The van der Waals surface area contributed by atoms with Gasteiger partial charge in [-0.2, -0.15) is 0 Å². The summed E-state index contributed by atoms with van der Waals surface area (Å²) in [5, 5.41) is 11.3. The first-order valence-corrected chi connectivity index (χ1v) is 9.26. The van der Waals surface area contributed by atoms with Gasteiger partial charge in [-0.05, 0) is 55.7 Å². The Kier molecular flexibility index (Phi) is 5.93. The zero-order chi connectivity index (χ0) is 20.1. The molecule has 0 radical (unpaired) electrons. The van der Waals surface area contributed by atoms with E-state index in [-0.39, 0.29) is 29.9 Å². The number of benzene rings is 2. The Labute approximate surface area is 163 Å². The van der Waals surface area contributed by atoms with Crippen LogP contribution in [0, 0.1) is 0 Å². The second kappa shape index (κ2) is 8.56. The van der Waals surface area contributed by atoms with Crippen LogP contribution in [0.3, 0.4) is 0 Å². The summed E-state index contributed by atoms with van der Waals surface area (Å²) in [7, 11) is 0. The summed E-state index contributed by atoms with van der Waals surface area (Å²) in [4.78, 5) is 35.7. The molecule has 1 fully saturated rings. The van der Waals surface area contributed by atoms with Crippen LogP contribution in [0.15, 0.2) is 48.5 Å². The van der Waals surface area contributed by atoms with Crippen molar-refractivity contribution >= 4 is 29.2 Å². The van der Waals surface area contributed by atoms with E-state index in [2.05, 4.69) is 21.3 Å². The molecule has 4 amide bonds. The average Bonchev–Trinajstić information content (AvgIpc) is 3.45. The molecule has 7 nitrogen and oxygen atoms in total. The highest BCUT2D eigenvalue weighted by atomic mass is 16.2. The molecule has 3 rings (SSSR count). The van der Waals surface area contributed by atoms with E-state index >= 15 is 0 Å². The lowest BCUT2D eigenvalue weighted by molar-refractivity contribution is -0.114. The van der Waals surface area contributed by atoms with Crippen molar-refractivity contribution in [2.24, 2.45) is 0 Å². The molecule has 0 saturated heterocycles. The maximum atomic E-state index is 12.3. The van der Waals surface area contributed by atoms with Gasteiger partial charge in [-0.25, -0.2) is 4.79 Å². The molecule has 2 aromatic carbocycles. The van der Waals surface area contributed by atoms with Crippen molar-refractivity contribution in [1.82, 2.24) is 10.6 Å². The molecule has 1 aliphatic rings. The van der Waals surface area contributed by atoms with E-state index in [0.29, 0.717) is 16.9 Å². The first kappa shape index (κ1) is 19.4. The van der Waals surface area contributed by atoms with Crippen LogP contribution in [0.5, 0.6) is 0 Å². The average molecular weight is 380 g/mol. The summed E-state index contributed by atoms with van der Waals surface area (Å²) in [6.07, 6.45) is 2.04. The fourth-order valence-electron chi connectivity index (χ4n) is 2.77. The summed E-state index contributed by atoms with van der Waals surface area (Å²) in [6.45, 7) is 3.30. The number of hydrogen-bond acceptors (Lipinski definition) is 3. The third-order valence-corrected chi connectivity index (χ3v) is 4.35. The van der Waals surface area contributed by atoms with Crippen molar-refractivity contribution in [3.05, 3.63) is 59.7 Å². The number of hydrogen-bond donors (Lipinski definition) is 4. The first-order valence-electron chi connectivity index (χ1n) is 9.26. The van der Waals surface area contributed by atoms with Gasteiger partial charge in [-0.15, -0.1) is 0 Å². The van der Waals surface area contributed by atoms with Gasteiger partial charge in [0, 0.05) is 29.9 Å². The Morgan fingerprint density at radius 3 is 2.32 bits per heavy atom. The minimum absolute atomic E-state index is 0.130. The maximum Gasteiger partial charge on any atom is 0.319 e. The van der Waals surface area contributed by atoms with Crippen LogP contribution in [-0.2, 0) is 4.79 Å². The molecule has 4 N–H and O–H groups in total. The fourth-order valence-corrected chi connectivity index (χ4v) is 2.77. The van der Waals surface area contributed by atoms with Crippen LogP contribution in [0.2, 0.25) is 0 Å². The molecule has 0 aliphatic heterocycles. The van der Waals surface area contributed by atoms with Gasteiger partial charge in [0.25, 0.3) is 5.91 Å². The molecule has 1 atom stereocenters. The third-order valence-electron chi connectivity index (χ3n) is 4.35. The Hall–Kier alpha value is -3.35. The van der Waals surface area contributed by atoms with Crippen molar-refractivity contribution in [3.8, 4) is 0 Å². The zero-order valence-corrected chi connectivity index (χ0v) is 15.9. The highest BCUT2D eigenvalue weighted by molar-refractivity contribution is 5.97. The predicted octanol–water partition coefficient (Wildman–Crippen LogP) is 3.42. The number of urea groups is 1. The highest BCUT2D eigenvalue weighted by Gasteiger charge is 2.23. The Balaban J connectivity index is 1.59. The summed E-state index contributed by atoms with van der Waals surface area (Å²) < 4.78 is 0. The molecule has 2 aromatic rings. The standard InChI is InChI=1S/C21H24N4O3/c1-13(15-5-3-7-18(11-15)23-14(2)26)22-21(28)25-19-8-4-6-16(12-19)20(27)24-17-9-10-17/h3-8,11-13,17H,9-10H2,1-2H3,(H,23,26)(H,24,27)(H2,22,25,28). The molecule has 0 spiro atoms. The van der Waals surface area contributed by atoms with Crippen LogP contribution >= 0.6 is 0 Å². The minimum atomic E-state index is -0.378. The van der Waals surface area contributed by atoms with Crippen LogP contribution in [0.25, 0.3) is 0 Å². The monoisotopic (exact) mass is 380 g/mol. The van der Waals surface area contributed by atoms with E-state index in [1.807, 2.05) is 25.1 Å². The number of anilines is 2. The van der Waals surface area contributed by atoms with Crippen molar-refractivity contribution in [2.45, 2.75) is 38.8 Å². The number of amides is 4. The molecule has 1 aliphatic carbocycles. The number of carbonyl (C=O) groups excluding carboxylic acids is 3. The van der Waals surface area contributed by atoms with Crippen molar-refractivity contribution < 1.29 is 14.4 Å². The normalized spacial score (nSPS) is 13.9. The van der Waals surface area contributed by atoms with Crippen molar-refractivity contribution in [3.63, 3.8) is 0 Å². The number of rotatable bonds is 6. The molecule has 146 valence electrons. The molecular formula is C21H24N4O3. The van der Waals surface area contributed by atoms with Gasteiger partial charge in [-0.3, -0.25) is 9.59 Å². The lowest BCUT2D eigenvalue weighted by atomic mass is 10.1. The summed E-state index contributed by atoms with van der Waals surface area (Å²) in [6, 6.07) is 13.8. The lowest BCUT2D eigenvalue weighted by Crippen LogP contribution is -2.31. The predicted molar refractivity (Wildman–Crippen MR) is 108 cm³/mol. The molecule has 7 heteroatoms. The van der Waals surface area contributed by atoms with Gasteiger partial charge in [0.2, 0.25) is 5.91 Å². The van der Waals surface area contributed by atoms with Gasteiger partial charge in [-0.1, -0.05) is 18.2 Å². The quantitative estimate of drug-likeness (QED) is 0.618. The van der Waals surface area contributed by atoms with Gasteiger partial charge < -0.3 is 21.3 Å². The molecule has 0 bridgehead atoms. The summed E-state index contributed by atoms with van der Waals surface area (Å²) in [5.74, 6) is -0.282. The maximum absolute atomic E-state index is 12.3. The molecule has 0 aromatic heterocycles. The summed E-state index contributed by atoms with van der Waals surface area (Å²) >= 11 is 0. The first-order chi connectivity index (χ1) is 13.4. The second-order valence-electron chi connectivity index (χ2n) is 6.96. The largest absolute Gasteiger partial charge is 0.349 e. The van der Waals surface area contributed by atoms with E-state index in [1.54, 1.807) is 30.3 Å². The molecular weight excluding hydrogens is 356 g/mol. The number of carbonyl (C=O) groups is 3. The topological polar surface area (TPSA) is 99.3 Å². The summed E-state index contributed by atoms with van der Waals surface area (Å²) in [5.41, 5.74) is 2.59. The highest BCUT2D eigenvalue weighted by Crippen LogP contribution is 2.20. The van der Waals surface area contributed by atoms with E-state index in [0.717, 1.165) is 18.4 Å². The van der Waals surface area contributed by atoms with Crippen LogP contribution in [0.1, 0.15) is 48.7 Å². The zero-order valence-electron chi connectivity index (χ0n) is 15.9. The Bertz CT molecular complexity index is 893. The van der Waals surface area contributed by atoms with Crippen molar-refractivity contribution in [1.29, 1.82) is 0 Å². The third kappa shape index (κ3) is 5.57. The second-order valence-corrected chi connectivity index (χ2v) is 6.96. The van der Waals surface area contributed by atoms with Gasteiger partial charge >= 0.3 is 6.03 Å². The van der Waals surface area contributed by atoms with Crippen LogP contribution < -0.4 is 21.3 Å². The SMILES string of the molecule is CC(=O)Nc1cccc(C(C)NC(=O)Nc2cccc(C(=O)NC3CC3)c2)c1. The van der Waals surface area contributed by atoms with Gasteiger partial charge in [0.1, 0.15) is 0 Å². The lowest BCUT2D eigenvalue weighted by Gasteiger charge is -2.16. The molecule has 0 heterocycles. The van der Waals surface area contributed by atoms with E-state index in [1.165, 1.54) is 6.92 Å². The van der Waals surface area contributed by atoms with Crippen LogP contribution in [0.4, 0.5) is 16.2 Å². The van der Waals surface area contributed by atoms with Crippen molar-refractivity contribution in [2.75, 3.05) is 10.6 Å².